The van der Waals surface area contributed by atoms with Crippen LogP contribution in [0.15, 0.2) is 6.20 Å². The number of nitrogens with one attached hydrogen (secondary N) is 1. The summed E-state index contributed by atoms with van der Waals surface area (Å²) in [6.45, 7) is 0.897. The van der Waals surface area contributed by atoms with Crippen LogP contribution in [0.4, 0.5) is 11.5 Å². The summed E-state index contributed by atoms with van der Waals surface area (Å²) in [5, 5.41) is 3.41. The number of hydrogen-bond acceptors (Lipinski definition) is 4. The number of rotatable bonds is 5. The lowest BCUT2D eigenvalue weighted by Crippen LogP contribution is -2.07. The molecule has 1 saturated carbocycles. The van der Waals surface area contributed by atoms with Crippen molar-refractivity contribution in [1.82, 2.24) is 9.97 Å². The lowest BCUT2D eigenvalue weighted by Gasteiger charge is -2.07. The van der Waals surface area contributed by atoms with Crippen LogP contribution < -0.4 is 11.1 Å². The molecule has 1 aromatic heterocycles. The van der Waals surface area contributed by atoms with E-state index in [9.17, 15) is 0 Å². The number of hydrogen-bond donors (Lipinski definition) is 2. The van der Waals surface area contributed by atoms with Crippen LogP contribution in [0, 0.1) is 5.92 Å². The zero-order valence-electron chi connectivity index (χ0n) is 8.54. The molecule has 0 spiro atoms. The van der Waals surface area contributed by atoms with Crippen LogP contribution >= 0.6 is 11.6 Å². The Bertz CT molecular complexity index is 338. The summed E-state index contributed by atoms with van der Waals surface area (Å²) in [4.78, 5) is 7.82. The summed E-state index contributed by atoms with van der Waals surface area (Å²) < 4.78 is 0. The highest BCUT2D eigenvalue weighted by Gasteiger charge is 2.19. The third kappa shape index (κ3) is 3.23. The monoisotopic (exact) mass is 226 g/mol. The molecule has 5 heteroatoms. The van der Waals surface area contributed by atoms with Gasteiger partial charge in [0.05, 0.1) is 11.9 Å². The third-order valence-corrected chi connectivity index (χ3v) is 2.75. The maximum absolute atomic E-state index is 5.70. The van der Waals surface area contributed by atoms with E-state index in [0.717, 1.165) is 18.9 Å². The van der Waals surface area contributed by atoms with Gasteiger partial charge in [0.15, 0.2) is 5.82 Å². The molecule has 0 aliphatic heterocycles. The molecule has 15 heavy (non-hydrogen) atoms. The van der Waals surface area contributed by atoms with Gasteiger partial charge in [0.1, 0.15) is 0 Å². The van der Waals surface area contributed by atoms with Crippen LogP contribution in [0.25, 0.3) is 0 Å². The molecule has 1 aromatic rings. The van der Waals surface area contributed by atoms with E-state index in [1.165, 1.54) is 25.5 Å². The van der Waals surface area contributed by atoms with Gasteiger partial charge in [-0.15, -0.1) is 0 Å². The molecule has 4 nitrogen and oxygen atoms in total. The molecular weight excluding hydrogens is 212 g/mol. The van der Waals surface area contributed by atoms with Gasteiger partial charge >= 0.3 is 0 Å². The second-order valence-electron chi connectivity index (χ2n) is 3.96. The summed E-state index contributed by atoms with van der Waals surface area (Å²) in [6.07, 6.45) is 6.79. The van der Waals surface area contributed by atoms with Gasteiger partial charge in [0, 0.05) is 6.54 Å². The van der Waals surface area contributed by atoms with E-state index in [1.54, 1.807) is 0 Å². The number of nitrogens with zero attached hydrogens (tertiary/aromatic N) is 2. The quantitative estimate of drug-likeness (QED) is 0.598. The number of nitrogens with two attached hydrogens (primary N) is 1. The molecule has 0 atom stereocenters. The average Bonchev–Trinajstić information content (AvgIpc) is 3.01. The normalized spacial score (nSPS) is 15.3. The fourth-order valence-electron chi connectivity index (χ4n) is 1.52. The molecule has 0 amide bonds. The van der Waals surface area contributed by atoms with Gasteiger partial charge in [-0.05, 0) is 30.4 Å². The highest BCUT2D eigenvalue weighted by Crippen LogP contribution is 2.33. The number of halogens is 1. The molecule has 1 heterocycles. The second kappa shape index (κ2) is 4.66. The highest BCUT2D eigenvalue weighted by atomic mass is 35.5. The average molecular weight is 227 g/mol. The van der Waals surface area contributed by atoms with Crippen molar-refractivity contribution < 1.29 is 0 Å². The molecule has 0 aromatic carbocycles. The molecule has 3 N–H and O–H groups in total. The smallest absolute Gasteiger partial charge is 0.224 e. The van der Waals surface area contributed by atoms with Gasteiger partial charge in [-0.2, -0.15) is 4.98 Å². The van der Waals surface area contributed by atoms with Crippen LogP contribution in [0.2, 0.25) is 5.28 Å². The number of anilines is 2. The molecule has 1 aliphatic carbocycles. The lowest BCUT2D eigenvalue weighted by molar-refractivity contribution is 0.686. The summed E-state index contributed by atoms with van der Waals surface area (Å²) >= 11 is 5.67. The Hall–Kier alpha value is -1.03. The minimum atomic E-state index is 0.230. The fraction of sp³-hybridized carbons (Fsp3) is 0.600. The zero-order chi connectivity index (χ0) is 10.7. The first-order chi connectivity index (χ1) is 7.25. The van der Waals surface area contributed by atoms with Gasteiger partial charge in [-0.25, -0.2) is 4.98 Å². The largest absolute Gasteiger partial charge is 0.394 e. The van der Waals surface area contributed by atoms with Crippen molar-refractivity contribution in [3.05, 3.63) is 11.5 Å². The van der Waals surface area contributed by atoms with Gasteiger partial charge in [0.25, 0.3) is 0 Å². The zero-order valence-corrected chi connectivity index (χ0v) is 9.30. The Kier molecular flexibility index (Phi) is 3.26. The SMILES string of the molecule is Nc1cnc(Cl)nc1NCCCC1CC1. The van der Waals surface area contributed by atoms with E-state index in [2.05, 4.69) is 15.3 Å². The van der Waals surface area contributed by atoms with E-state index in [4.69, 9.17) is 17.3 Å². The summed E-state index contributed by atoms with van der Waals surface area (Å²) in [5.74, 6) is 1.61. The first-order valence-electron chi connectivity index (χ1n) is 5.27. The highest BCUT2D eigenvalue weighted by molar-refractivity contribution is 6.28. The van der Waals surface area contributed by atoms with Crippen molar-refractivity contribution in [2.24, 2.45) is 5.92 Å². The molecule has 2 rings (SSSR count). The lowest BCUT2D eigenvalue weighted by atomic mass is 10.2. The van der Waals surface area contributed by atoms with E-state index in [-0.39, 0.29) is 5.28 Å². The second-order valence-corrected chi connectivity index (χ2v) is 4.29. The van der Waals surface area contributed by atoms with Crippen molar-refractivity contribution in [2.45, 2.75) is 25.7 Å². The minimum absolute atomic E-state index is 0.230. The Morgan fingerprint density at radius 2 is 2.33 bits per heavy atom. The van der Waals surface area contributed by atoms with Crippen molar-refractivity contribution >= 4 is 23.1 Å². The molecule has 1 aliphatic rings. The summed E-state index contributed by atoms with van der Waals surface area (Å²) in [7, 11) is 0. The molecule has 0 unspecified atom stereocenters. The van der Waals surface area contributed by atoms with Crippen LogP contribution in [0.5, 0.6) is 0 Å². The summed E-state index contributed by atoms with van der Waals surface area (Å²) in [6, 6.07) is 0. The van der Waals surface area contributed by atoms with Crippen LogP contribution in [-0.4, -0.2) is 16.5 Å². The minimum Gasteiger partial charge on any atom is -0.394 e. The van der Waals surface area contributed by atoms with Crippen LogP contribution in [-0.2, 0) is 0 Å². The third-order valence-electron chi connectivity index (χ3n) is 2.57. The Balaban J connectivity index is 1.78. The van der Waals surface area contributed by atoms with E-state index >= 15 is 0 Å². The number of aromatic nitrogens is 2. The van der Waals surface area contributed by atoms with E-state index < -0.39 is 0 Å². The molecule has 82 valence electrons. The Morgan fingerprint density at radius 3 is 3.07 bits per heavy atom. The van der Waals surface area contributed by atoms with Crippen molar-refractivity contribution in [3.8, 4) is 0 Å². The predicted molar refractivity (Wildman–Crippen MR) is 61.9 cm³/mol. The van der Waals surface area contributed by atoms with Crippen LogP contribution in [0.1, 0.15) is 25.7 Å². The molecule has 1 fully saturated rings. The van der Waals surface area contributed by atoms with E-state index in [1.807, 2.05) is 0 Å². The molecule has 0 bridgehead atoms. The van der Waals surface area contributed by atoms with E-state index in [0.29, 0.717) is 11.5 Å². The maximum atomic E-state index is 5.70. The number of nitrogen functional groups attached to an aromatic ring is 1. The van der Waals surface area contributed by atoms with Crippen molar-refractivity contribution in [1.29, 1.82) is 0 Å². The fourth-order valence-corrected chi connectivity index (χ4v) is 1.65. The predicted octanol–water partition coefficient (Wildman–Crippen LogP) is 2.31. The van der Waals surface area contributed by atoms with Crippen molar-refractivity contribution in [2.75, 3.05) is 17.6 Å². The topological polar surface area (TPSA) is 63.8 Å². The molecule has 0 radical (unpaired) electrons. The standard InChI is InChI=1S/C10H15ClN4/c11-10-14-6-8(12)9(15-10)13-5-1-2-7-3-4-7/h6-7H,1-5,12H2,(H,13,14,15). The van der Waals surface area contributed by atoms with Gasteiger partial charge < -0.3 is 11.1 Å². The van der Waals surface area contributed by atoms with Gasteiger partial charge in [-0.1, -0.05) is 12.8 Å². The molecular formula is C10H15ClN4. The van der Waals surface area contributed by atoms with Crippen molar-refractivity contribution in [3.63, 3.8) is 0 Å². The van der Waals surface area contributed by atoms with Gasteiger partial charge in [0.2, 0.25) is 5.28 Å². The summed E-state index contributed by atoms with van der Waals surface area (Å²) in [5.41, 5.74) is 6.24. The first kappa shape index (κ1) is 10.5. The Morgan fingerprint density at radius 1 is 1.53 bits per heavy atom. The Labute approximate surface area is 94.2 Å². The van der Waals surface area contributed by atoms with Crippen LogP contribution in [0.3, 0.4) is 0 Å². The first-order valence-corrected chi connectivity index (χ1v) is 5.65. The molecule has 0 saturated heterocycles. The van der Waals surface area contributed by atoms with Gasteiger partial charge in [-0.3, -0.25) is 0 Å². The maximum Gasteiger partial charge on any atom is 0.224 e.